The van der Waals surface area contributed by atoms with E-state index < -0.39 is 0 Å². The van der Waals surface area contributed by atoms with Gasteiger partial charge in [-0.05, 0) is 18.6 Å². The first-order valence-electron chi connectivity index (χ1n) is 5.89. The lowest BCUT2D eigenvalue weighted by Gasteiger charge is -2.17. The maximum atomic E-state index is 10.8. The largest absolute Gasteiger partial charge is 0.504 e. The third kappa shape index (κ3) is 2.63. The molecule has 1 aromatic rings. The van der Waals surface area contributed by atoms with Crippen molar-refractivity contribution in [2.24, 2.45) is 0 Å². The number of likely N-dealkylation sites (tertiary alicyclic amines) is 1. The number of aromatic hydroxyl groups is 1. The van der Waals surface area contributed by atoms with Gasteiger partial charge in [-0.3, -0.25) is 9.69 Å². The van der Waals surface area contributed by atoms with E-state index in [1.807, 2.05) is 4.90 Å². The molecule has 1 aliphatic rings. The Labute approximate surface area is 106 Å². The molecule has 0 bridgehead atoms. The number of aliphatic hydroxyl groups is 1. The first-order chi connectivity index (χ1) is 8.63. The van der Waals surface area contributed by atoms with Crippen molar-refractivity contribution in [1.29, 1.82) is 0 Å². The summed E-state index contributed by atoms with van der Waals surface area (Å²) in [5.74, 6) is 0.360. The van der Waals surface area contributed by atoms with Gasteiger partial charge in [0.2, 0.25) is 0 Å². The first-order valence-corrected chi connectivity index (χ1v) is 5.89. The van der Waals surface area contributed by atoms with Gasteiger partial charge < -0.3 is 14.9 Å². The number of rotatable bonds is 4. The van der Waals surface area contributed by atoms with Crippen LogP contribution in [0.4, 0.5) is 0 Å². The number of carbonyl (C=O) groups excluding carboxylic acids is 1. The molecule has 0 aromatic heterocycles. The van der Waals surface area contributed by atoms with Gasteiger partial charge in [-0.2, -0.15) is 0 Å². The van der Waals surface area contributed by atoms with E-state index in [4.69, 9.17) is 4.74 Å². The van der Waals surface area contributed by atoms with Gasteiger partial charge in [-0.15, -0.1) is 0 Å². The van der Waals surface area contributed by atoms with Gasteiger partial charge in [-0.25, -0.2) is 0 Å². The van der Waals surface area contributed by atoms with Crippen molar-refractivity contribution in [1.82, 2.24) is 4.90 Å². The number of hydrogen-bond donors (Lipinski definition) is 2. The van der Waals surface area contributed by atoms with Gasteiger partial charge in [0.05, 0.1) is 13.2 Å². The highest BCUT2D eigenvalue weighted by Crippen LogP contribution is 2.32. The van der Waals surface area contributed by atoms with Crippen molar-refractivity contribution in [3.63, 3.8) is 0 Å². The second kappa shape index (κ2) is 5.37. The van der Waals surface area contributed by atoms with E-state index in [2.05, 4.69) is 0 Å². The Balaban J connectivity index is 2.23. The number of benzene rings is 1. The molecule has 0 radical (unpaired) electrons. The molecular weight excluding hydrogens is 234 g/mol. The number of nitrogens with zero attached hydrogens (tertiary/aromatic N) is 1. The first kappa shape index (κ1) is 12.9. The number of phenolic OH excluding ortho intramolecular Hbond substituents is 1. The van der Waals surface area contributed by atoms with Gasteiger partial charge in [0.1, 0.15) is 6.29 Å². The summed E-state index contributed by atoms with van der Waals surface area (Å²) in [5.41, 5.74) is 1.12. The third-order valence-electron chi connectivity index (χ3n) is 3.17. The average molecular weight is 251 g/mol. The highest BCUT2D eigenvalue weighted by Gasteiger charge is 2.22. The summed E-state index contributed by atoms with van der Waals surface area (Å²) in [4.78, 5) is 12.9. The summed E-state index contributed by atoms with van der Waals surface area (Å²) in [6.07, 6.45) is 1.17. The van der Waals surface area contributed by atoms with Gasteiger partial charge >= 0.3 is 0 Å². The predicted octanol–water partition coefficient (Wildman–Crippen LogP) is 0.780. The molecule has 2 rings (SSSR count). The Morgan fingerprint density at radius 3 is 2.89 bits per heavy atom. The van der Waals surface area contributed by atoms with Gasteiger partial charge in [0, 0.05) is 30.8 Å². The van der Waals surface area contributed by atoms with Gasteiger partial charge in [-0.1, -0.05) is 0 Å². The molecule has 18 heavy (non-hydrogen) atoms. The highest BCUT2D eigenvalue weighted by atomic mass is 16.5. The van der Waals surface area contributed by atoms with Crippen molar-refractivity contribution >= 4 is 6.29 Å². The maximum absolute atomic E-state index is 10.8. The van der Waals surface area contributed by atoms with Crippen LogP contribution in [-0.4, -0.2) is 47.7 Å². The van der Waals surface area contributed by atoms with Crippen molar-refractivity contribution in [3.8, 4) is 11.5 Å². The normalized spacial score (nSPS) is 20.0. The second-order valence-corrected chi connectivity index (χ2v) is 4.53. The lowest BCUT2D eigenvalue weighted by Crippen LogP contribution is -2.21. The fraction of sp³-hybridized carbons (Fsp3) is 0.462. The molecule has 5 heteroatoms. The predicted molar refractivity (Wildman–Crippen MR) is 65.9 cm³/mol. The summed E-state index contributed by atoms with van der Waals surface area (Å²) in [6.45, 7) is 1.88. The highest BCUT2D eigenvalue weighted by molar-refractivity contribution is 5.77. The van der Waals surface area contributed by atoms with Crippen LogP contribution < -0.4 is 4.74 Å². The van der Waals surface area contributed by atoms with Crippen LogP contribution in [-0.2, 0) is 6.54 Å². The van der Waals surface area contributed by atoms with E-state index in [0.717, 1.165) is 19.3 Å². The molecule has 1 aliphatic heterocycles. The summed E-state index contributed by atoms with van der Waals surface area (Å²) < 4.78 is 5.04. The lowest BCUT2D eigenvalue weighted by atomic mass is 10.1. The summed E-state index contributed by atoms with van der Waals surface area (Å²) in [6, 6.07) is 3.15. The van der Waals surface area contributed by atoms with E-state index in [1.165, 1.54) is 13.2 Å². The van der Waals surface area contributed by atoms with Crippen LogP contribution in [0.2, 0.25) is 0 Å². The van der Waals surface area contributed by atoms with Crippen molar-refractivity contribution in [2.45, 2.75) is 19.1 Å². The average Bonchev–Trinajstić information content (AvgIpc) is 2.77. The van der Waals surface area contributed by atoms with Crippen molar-refractivity contribution < 1.29 is 19.7 Å². The van der Waals surface area contributed by atoms with E-state index in [-0.39, 0.29) is 11.9 Å². The van der Waals surface area contributed by atoms with Crippen molar-refractivity contribution in [2.75, 3.05) is 20.2 Å². The van der Waals surface area contributed by atoms with Crippen LogP contribution in [0.1, 0.15) is 22.3 Å². The van der Waals surface area contributed by atoms with Crippen LogP contribution in [0, 0.1) is 0 Å². The quantitative estimate of drug-likeness (QED) is 0.774. The number of hydrogen-bond acceptors (Lipinski definition) is 5. The lowest BCUT2D eigenvalue weighted by molar-refractivity contribution is 0.112. The minimum atomic E-state index is -0.303. The van der Waals surface area contributed by atoms with E-state index in [9.17, 15) is 15.0 Å². The molecule has 1 fully saturated rings. The summed E-state index contributed by atoms with van der Waals surface area (Å²) >= 11 is 0. The molecule has 1 atom stereocenters. The molecule has 1 unspecified atom stereocenters. The van der Waals surface area contributed by atoms with Gasteiger partial charge in [0.25, 0.3) is 0 Å². The summed E-state index contributed by atoms with van der Waals surface area (Å²) in [7, 11) is 1.45. The van der Waals surface area contributed by atoms with E-state index in [0.29, 0.717) is 30.0 Å². The second-order valence-electron chi connectivity index (χ2n) is 4.53. The zero-order chi connectivity index (χ0) is 13.1. The fourth-order valence-corrected chi connectivity index (χ4v) is 2.23. The van der Waals surface area contributed by atoms with Gasteiger partial charge in [0.15, 0.2) is 11.5 Å². The molecule has 5 nitrogen and oxygen atoms in total. The number of aldehydes is 1. The van der Waals surface area contributed by atoms with Crippen LogP contribution in [0.25, 0.3) is 0 Å². The summed E-state index contributed by atoms with van der Waals surface area (Å²) in [5, 5.41) is 19.5. The number of phenols is 1. The Hall–Kier alpha value is -1.59. The molecule has 0 spiro atoms. The zero-order valence-corrected chi connectivity index (χ0v) is 10.3. The smallest absolute Gasteiger partial charge is 0.162 e. The molecule has 0 amide bonds. The molecule has 2 N–H and O–H groups in total. The monoisotopic (exact) mass is 251 g/mol. The molecule has 1 saturated heterocycles. The van der Waals surface area contributed by atoms with Crippen molar-refractivity contribution in [3.05, 3.63) is 23.3 Å². The van der Waals surface area contributed by atoms with Crippen LogP contribution >= 0.6 is 0 Å². The minimum Gasteiger partial charge on any atom is -0.504 e. The Morgan fingerprint density at radius 1 is 1.56 bits per heavy atom. The fourth-order valence-electron chi connectivity index (χ4n) is 2.23. The SMILES string of the molecule is COc1cc(C=O)cc(CN2CCC(O)C2)c1O. The molecule has 0 saturated carbocycles. The van der Waals surface area contributed by atoms with E-state index in [1.54, 1.807) is 6.07 Å². The Kier molecular flexibility index (Phi) is 3.84. The number of carbonyl (C=O) groups is 1. The standard InChI is InChI=1S/C13H17NO4/c1-18-12-5-9(8-15)4-10(13(12)17)6-14-3-2-11(16)7-14/h4-5,8,11,16-17H,2-3,6-7H2,1H3. The molecule has 1 heterocycles. The molecule has 1 aromatic carbocycles. The topological polar surface area (TPSA) is 70.0 Å². The van der Waals surface area contributed by atoms with Crippen LogP contribution in [0.3, 0.4) is 0 Å². The number of aliphatic hydroxyl groups excluding tert-OH is 1. The van der Waals surface area contributed by atoms with E-state index >= 15 is 0 Å². The molecule has 0 aliphatic carbocycles. The Bertz CT molecular complexity index is 447. The third-order valence-corrected chi connectivity index (χ3v) is 3.17. The number of methoxy groups -OCH3 is 1. The van der Waals surface area contributed by atoms with Crippen LogP contribution in [0.15, 0.2) is 12.1 Å². The minimum absolute atomic E-state index is 0.0597. The number of β-amino-alcohol motifs (C(OH)–C–C–N with tert-alkyl or cyclic N) is 1. The van der Waals surface area contributed by atoms with Crippen LogP contribution in [0.5, 0.6) is 11.5 Å². The Morgan fingerprint density at radius 2 is 2.33 bits per heavy atom. The molecule has 98 valence electrons. The maximum Gasteiger partial charge on any atom is 0.162 e. The number of ether oxygens (including phenoxy) is 1. The molecular formula is C13H17NO4. The zero-order valence-electron chi connectivity index (χ0n) is 10.3.